The van der Waals surface area contributed by atoms with E-state index < -0.39 is 10.0 Å². The minimum absolute atomic E-state index is 0.291. The highest BCUT2D eigenvalue weighted by Crippen LogP contribution is 2.27. The number of hydrogen-bond donors (Lipinski definition) is 1. The monoisotopic (exact) mass is 368 g/mol. The number of aromatic amines is 1. The molecule has 0 aliphatic carbocycles. The molecule has 3 rings (SSSR count). The molecule has 2 heterocycles. The molecule has 0 unspecified atom stereocenters. The molecule has 1 aliphatic heterocycles. The number of halogens is 1. The summed E-state index contributed by atoms with van der Waals surface area (Å²) in [7, 11) is -3.53. The summed E-state index contributed by atoms with van der Waals surface area (Å²) in [6.45, 7) is 7.89. The molecule has 130 valence electrons. The van der Waals surface area contributed by atoms with Gasteiger partial charge in [0.25, 0.3) is 0 Å². The number of hydrogen-bond acceptors (Lipinski definition) is 4. The molecule has 0 amide bonds. The first-order chi connectivity index (χ1) is 11.3. The molecular weight excluding hydrogens is 348 g/mol. The van der Waals surface area contributed by atoms with E-state index >= 15 is 0 Å². The lowest BCUT2D eigenvalue weighted by molar-refractivity contribution is 0.384. The average molecular weight is 369 g/mol. The number of rotatable bonds is 3. The molecule has 2 aromatic rings. The van der Waals surface area contributed by atoms with Crippen LogP contribution >= 0.6 is 11.6 Å². The molecule has 0 spiro atoms. The van der Waals surface area contributed by atoms with Crippen molar-refractivity contribution < 1.29 is 8.42 Å². The second kappa shape index (κ2) is 6.38. The number of benzene rings is 1. The number of H-pyrrole nitrogens is 1. The molecule has 0 bridgehead atoms. The molecule has 0 radical (unpaired) electrons. The zero-order valence-electron chi connectivity index (χ0n) is 14.0. The predicted octanol–water partition coefficient (Wildman–Crippen LogP) is 2.50. The number of nitrogens with one attached hydrogen (secondary N) is 1. The van der Waals surface area contributed by atoms with Crippen LogP contribution in [-0.4, -0.2) is 49.1 Å². The minimum atomic E-state index is -3.53. The molecule has 1 aromatic carbocycles. The van der Waals surface area contributed by atoms with Crippen LogP contribution in [0, 0.1) is 20.8 Å². The number of aromatic nitrogens is 2. The van der Waals surface area contributed by atoms with Gasteiger partial charge < -0.3 is 4.90 Å². The van der Waals surface area contributed by atoms with Gasteiger partial charge in [0.2, 0.25) is 10.0 Å². The van der Waals surface area contributed by atoms with Crippen LogP contribution in [0.4, 0.5) is 5.69 Å². The van der Waals surface area contributed by atoms with Crippen molar-refractivity contribution in [3.05, 3.63) is 40.2 Å². The third-order valence-corrected chi connectivity index (χ3v) is 6.69. The Morgan fingerprint density at radius 3 is 2.38 bits per heavy atom. The molecule has 24 heavy (non-hydrogen) atoms. The maximum atomic E-state index is 12.9. The van der Waals surface area contributed by atoms with Gasteiger partial charge in [0.05, 0.1) is 22.0 Å². The third kappa shape index (κ3) is 3.03. The van der Waals surface area contributed by atoms with Gasteiger partial charge in [0.15, 0.2) is 0 Å². The van der Waals surface area contributed by atoms with Crippen molar-refractivity contribution in [2.75, 3.05) is 31.1 Å². The maximum absolute atomic E-state index is 12.9. The van der Waals surface area contributed by atoms with Gasteiger partial charge in [0, 0.05) is 31.2 Å². The Labute approximate surface area is 147 Å². The molecule has 6 nitrogen and oxygen atoms in total. The lowest BCUT2D eigenvalue weighted by Gasteiger charge is -2.35. The highest BCUT2D eigenvalue weighted by atomic mass is 35.5. The van der Waals surface area contributed by atoms with Gasteiger partial charge in [-0.15, -0.1) is 0 Å². The van der Waals surface area contributed by atoms with Gasteiger partial charge in [0.1, 0.15) is 0 Å². The van der Waals surface area contributed by atoms with E-state index in [4.69, 9.17) is 11.6 Å². The van der Waals surface area contributed by atoms with Crippen molar-refractivity contribution in [1.29, 1.82) is 0 Å². The van der Waals surface area contributed by atoms with Crippen LogP contribution in [0.3, 0.4) is 0 Å². The van der Waals surface area contributed by atoms with Crippen molar-refractivity contribution in [2.24, 2.45) is 0 Å². The summed E-state index contributed by atoms with van der Waals surface area (Å²) in [6, 6.07) is 4.98. The van der Waals surface area contributed by atoms with Gasteiger partial charge in [-0.3, -0.25) is 5.10 Å². The van der Waals surface area contributed by atoms with Crippen LogP contribution in [0.15, 0.2) is 23.1 Å². The Balaban J connectivity index is 1.80. The summed E-state index contributed by atoms with van der Waals surface area (Å²) >= 11 is 5.99. The third-order valence-electron chi connectivity index (χ3n) is 4.41. The SMILES string of the molecule is Cc1ccc(Cl)cc1S(=O)(=O)N1CCN(c2c(C)n[nH]c2C)CC1. The summed E-state index contributed by atoms with van der Waals surface area (Å²) in [5.41, 5.74) is 3.73. The van der Waals surface area contributed by atoms with Crippen molar-refractivity contribution in [1.82, 2.24) is 14.5 Å². The van der Waals surface area contributed by atoms with Crippen molar-refractivity contribution in [2.45, 2.75) is 25.7 Å². The Bertz CT molecular complexity index is 835. The van der Waals surface area contributed by atoms with Crippen LogP contribution in [0.5, 0.6) is 0 Å². The quantitative estimate of drug-likeness (QED) is 0.903. The molecule has 0 atom stereocenters. The van der Waals surface area contributed by atoms with Gasteiger partial charge in [-0.2, -0.15) is 9.40 Å². The predicted molar refractivity (Wildman–Crippen MR) is 95.2 cm³/mol. The van der Waals surface area contributed by atoms with Crippen molar-refractivity contribution >= 4 is 27.3 Å². The Hall–Kier alpha value is -1.57. The van der Waals surface area contributed by atoms with E-state index in [0.717, 1.165) is 17.1 Å². The minimum Gasteiger partial charge on any atom is -0.366 e. The molecule has 0 saturated carbocycles. The van der Waals surface area contributed by atoms with Crippen LogP contribution in [0.2, 0.25) is 5.02 Å². The van der Waals surface area contributed by atoms with E-state index in [1.807, 2.05) is 13.8 Å². The Kier molecular flexibility index (Phi) is 4.59. The standard InChI is InChI=1S/C16H21ClN4O2S/c1-11-4-5-14(17)10-15(11)24(22,23)21-8-6-20(7-9-21)16-12(2)18-19-13(16)3/h4-5,10H,6-9H2,1-3H3,(H,18,19). The summed E-state index contributed by atoms with van der Waals surface area (Å²) in [5.74, 6) is 0. The second-order valence-corrected chi connectivity index (χ2v) is 8.43. The fraction of sp³-hybridized carbons (Fsp3) is 0.438. The second-order valence-electron chi connectivity index (χ2n) is 6.08. The van der Waals surface area contributed by atoms with Crippen LogP contribution in [-0.2, 0) is 10.0 Å². The fourth-order valence-corrected chi connectivity index (χ4v) is 5.06. The van der Waals surface area contributed by atoms with E-state index in [0.29, 0.717) is 41.7 Å². The van der Waals surface area contributed by atoms with Gasteiger partial charge >= 0.3 is 0 Å². The molecule has 1 aliphatic rings. The smallest absolute Gasteiger partial charge is 0.243 e. The highest BCUT2D eigenvalue weighted by Gasteiger charge is 2.30. The number of anilines is 1. The molecule has 8 heteroatoms. The topological polar surface area (TPSA) is 69.3 Å². The number of sulfonamides is 1. The molecule has 1 saturated heterocycles. The largest absolute Gasteiger partial charge is 0.366 e. The molecule has 1 aromatic heterocycles. The highest BCUT2D eigenvalue weighted by molar-refractivity contribution is 7.89. The Morgan fingerprint density at radius 2 is 1.79 bits per heavy atom. The van der Waals surface area contributed by atoms with E-state index in [1.165, 1.54) is 10.4 Å². The maximum Gasteiger partial charge on any atom is 0.243 e. The zero-order chi connectivity index (χ0) is 17.5. The molecule has 1 N–H and O–H groups in total. The van der Waals surface area contributed by atoms with Gasteiger partial charge in [-0.25, -0.2) is 8.42 Å². The zero-order valence-corrected chi connectivity index (χ0v) is 15.6. The van der Waals surface area contributed by atoms with Gasteiger partial charge in [-0.1, -0.05) is 17.7 Å². The first-order valence-corrected chi connectivity index (χ1v) is 9.65. The lowest BCUT2D eigenvalue weighted by atomic mass is 10.2. The summed E-state index contributed by atoms with van der Waals surface area (Å²) in [5, 5.41) is 7.62. The Morgan fingerprint density at radius 1 is 1.12 bits per heavy atom. The van der Waals surface area contributed by atoms with E-state index in [2.05, 4.69) is 15.1 Å². The van der Waals surface area contributed by atoms with Gasteiger partial charge in [-0.05, 0) is 38.5 Å². The van der Waals surface area contributed by atoms with Crippen LogP contribution in [0.25, 0.3) is 0 Å². The molecular formula is C16H21ClN4O2S. The summed E-state index contributed by atoms with van der Waals surface area (Å²) in [6.07, 6.45) is 0. The van der Waals surface area contributed by atoms with Crippen molar-refractivity contribution in [3.8, 4) is 0 Å². The van der Waals surface area contributed by atoms with Crippen molar-refractivity contribution in [3.63, 3.8) is 0 Å². The first kappa shape index (κ1) is 17.3. The van der Waals surface area contributed by atoms with Crippen LogP contribution in [0.1, 0.15) is 17.0 Å². The number of nitrogens with zero attached hydrogens (tertiary/aromatic N) is 3. The van der Waals surface area contributed by atoms with E-state index in [1.54, 1.807) is 19.1 Å². The number of aryl methyl sites for hydroxylation is 3. The van der Waals surface area contributed by atoms with E-state index in [-0.39, 0.29) is 0 Å². The fourth-order valence-electron chi connectivity index (χ4n) is 3.15. The average Bonchev–Trinajstić information content (AvgIpc) is 2.88. The first-order valence-electron chi connectivity index (χ1n) is 7.83. The summed E-state index contributed by atoms with van der Waals surface area (Å²) in [4.78, 5) is 2.48. The molecule has 1 fully saturated rings. The van der Waals surface area contributed by atoms with E-state index in [9.17, 15) is 8.42 Å². The summed E-state index contributed by atoms with van der Waals surface area (Å²) < 4.78 is 27.4. The normalized spacial score (nSPS) is 16.6. The lowest BCUT2D eigenvalue weighted by Crippen LogP contribution is -2.49. The number of piperazine rings is 1. The van der Waals surface area contributed by atoms with Crippen LogP contribution < -0.4 is 4.90 Å².